The second-order valence-corrected chi connectivity index (χ2v) is 11.4. The van der Waals surface area contributed by atoms with Crippen LogP contribution in [-0.4, -0.2) is 29.8 Å². The summed E-state index contributed by atoms with van der Waals surface area (Å²) in [5.41, 5.74) is 2.71. The first-order chi connectivity index (χ1) is 19.5. The monoisotopic (exact) mass is 557 g/mol. The minimum absolute atomic E-state index is 0.226. The van der Waals surface area contributed by atoms with Gasteiger partial charge in [-0.3, -0.25) is 4.98 Å². The molecule has 1 fully saturated rings. The summed E-state index contributed by atoms with van der Waals surface area (Å²) in [6.07, 6.45) is 16.3. The molecular formula is C34H49F2NO3. The number of nitrogens with zero attached hydrogens (tertiary/aromatic N) is 1. The Morgan fingerprint density at radius 1 is 0.925 bits per heavy atom. The summed E-state index contributed by atoms with van der Waals surface area (Å²) in [5.74, 6) is -0.640. The smallest absolute Gasteiger partial charge is 0.340 e. The highest BCUT2D eigenvalue weighted by atomic mass is 19.1. The van der Waals surface area contributed by atoms with Crippen LogP contribution < -0.4 is 4.74 Å². The molecule has 222 valence electrons. The van der Waals surface area contributed by atoms with E-state index in [9.17, 15) is 13.6 Å². The molecule has 0 amide bonds. The number of carbonyl (C=O) groups is 1. The van der Waals surface area contributed by atoms with Gasteiger partial charge in [-0.2, -0.15) is 0 Å². The first-order valence-electron chi connectivity index (χ1n) is 15.7. The van der Waals surface area contributed by atoms with Gasteiger partial charge in [0.1, 0.15) is 6.10 Å². The summed E-state index contributed by atoms with van der Waals surface area (Å²) in [6.45, 7) is 4.62. The summed E-state index contributed by atoms with van der Waals surface area (Å²) in [7, 11) is 0. The standard InChI is InChI=1S/C34H49F2NO3/c1-3-5-7-8-9-10-11-12-13-26-17-21-32(37-24-26)28-18-22-33(31(36)23-28)39-25-27-15-19-29(20-16-27)40-34(38)30(35)14-6-4-2/h17-18,21-24,27,29-30H,3-16,19-20,25H2,1-2H3/t27?,29?,30-/m0/s1. The third kappa shape index (κ3) is 11.2. The van der Waals surface area contributed by atoms with Crippen LogP contribution in [0, 0.1) is 11.7 Å². The lowest BCUT2D eigenvalue weighted by molar-refractivity contribution is -0.157. The van der Waals surface area contributed by atoms with Crippen LogP contribution in [0.1, 0.15) is 116 Å². The fourth-order valence-corrected chi connectivity index (χ4v) is 5.35. The Labute approximate surface area is 240 Å². The Kier molecular flexibility index (Phi) is 14.4. The molecule has 40 heavy (non-hydrogen) atoms. The van der Waals surface area contributed by atoms with Gasteiger partial charge in [-0.1, -0.05) is 77.7 Å². The first-order valence-corrected chi connectivity index (χ1v) is 15.7. The predicted octanol–water partition coefficient (Wildman–Crippen LogP) is 9.58. The molecule has 6 heteroatoms. The number of alkyl halides is 1. The molecule has 1 saturated carbocycles. The van der Waals surface area contributed by atoms with Crippen molar-refractivity contribution in [2.75, 3.05) is 6.61 Å². The van der Waals surface area contributed by atoms with E-state index in [0.717, 1.165) is 36.9 Å². The van der Waals surface area contributed by atoms with Crippen molar-refractivity contribution >= 4 is 5.97 Å². The molecule has 1 aromatic carbocycles. The van der Waals surface area contributed by atoms with Gasteiger partial charge in [-0.25, -0.2) is 13.6 Å². The number of pyridine rings is 1. The van der Waals surface area contributed by atoms with E-state index >= 15 is 0 Å². The quantitative estimate of drug-likeness (QED) is 0.135. The number of hydrogen-bond donors (Lipinski definition) is 0. The van der Waals surface area contributed by atoms with E-state index in [2.05, 4.69) is 18.0 Å². The van der Waals surface area contributed by atoms with Gasteiger partial charge in [0.25, 0.3) is 0 Å². The van der Waals surface area contributed by atoms with Crippen LogP contribution in [0.5, 0.6) is 5.75 Å². The van der Waals surface area contributed by atoms with E-state index in [1.165, 1.54) is 63.0 Å². The highest BCUT2D eigenvalue weighted by Gasteiger charge is 2.27. The Morgan fingerprint density at radius 2 is 1.62 bits per heavy atom. The maximum Gasteiger partial charge on any atom is 0.340 e. The molecule has 4 nitrogen and oxygen atoms in total. The third-order valence-corrected chi connectivity index (χ3v) is 7.99. The van der Waals surface area contributed by atoms with Crippen LogP contribution in [0.4, 0.5) is 8.78 Å². The average Bonchev–Trinajstić information content (AvgIpc) is 2.97. The molecule has 1 heterocycles. The number of ether oxygens (including phenoxy) is 2. The average molecular weight is 558 g/mol. The summed E-state index contributed by atoms with van der Waals surface area (Å²) in [5, 5.41) is 0. The molecule has 0 unspecified atom stereocenters. The number of benzene rings is 1. The highest BCUT2D eigenvalue weighted by molar-refractivity contribution is 5.74. The summed E-state index contributed by atoms with van der Waals surface area (Å²) < 4.78 is 39.9. The SMILES string of the molecule is CCCCCCCCCCc1ccc(-c2ccc(OCC3CCC(OC(=O)[C@@H](F)CCCC)CC3)c(F)c2)nc1. The van der Waals surface area contributed by atoms with Gasteiger partial charge in [0, 0.05) is 11.8 Å². The molecule has 0 saturated heterocycles. The number of halogens is 2. The number of esters is 1. The lowest BCUT2D eigenvalue weighted by atomic mass is 9.88. The second kappa shape index (κ2) is 18.0. The van der Waals surface area contributed by atoms with Crippen molar-refractivity contribution in [3.63, 3.8) is 0 Å². The van der Waals surface area contributed by atoms with Crippen molar-refractivity contribution in [3.05, 3.63) is 47.9 Å². The first kappa shape index (κ1) is 32.0. The zero-order valence-electron chi connectivity index (χ0n) is 24.6. The van der Waals surface area contributed by atoms with Crippen LogP contribution in [0.3, 0.4) is 0 Å². The van der Waals surface area contributed by atoms with Crippen molar-refractivity contribution in [3.8, 4) is 17.0 Å². The number of aryl methyl sites for hydroxylation is 1. The zero-order valence-corrected chi connectivity index (χ0v) is 24.6. The molecule has 2 aromatic rings. The van der Waals surface area contributed by atoms with Crippen molar-refractivity contribution in [2.45, 2.75) is 129 Å². The molecule has 3 rings (SSSR count). The van der Waals surface area contributed by atoms with Crippen LogP contribution in [-0.2, 0) is 16.0 Å². The molecule has 0 bridgehead atoms. The number of rotatable bonds is 18. The summed E-state index contributed by atoms with van der Waals surface area (Å²) in [4.78, 5) is 16.5. The predicted molar refractivity (Wildman–Crippen MR) is 158 cm³/mol. The molecule has 0 spiro atoms. The Balaban J connectivity index is 1.37. The lowest BCUT2D eigenvalue weighted by Crippen LogP contribution is -2.30. The van der Waals surface area contributed by atoms with Gasteiger partial charge in [-0.15, -0.1) is 0 Å². The van der Waals surface area contributed by atoms with Crippen LogP contribution in [0.2, 0.25) is 0 Å². The number of carbonyl (C=O) groups excluding carboxylic acids is 1. The van der Waals surface area contributed by atoms with Crippen molar-refractivity contribution in [1.82, 2.24) is 4.98 Å². The molecule has 0 radical (unpaired) electrons. The van der Waals surface area contributed by atoms with E-state index in [0.29, 0.717) is 25.9 Å². The minimum atomic E-state index is -1.53. The maximum atomic E-state index is 14.8. The summed E-state index contributed by atoms with van der Waals surface area (Å²) in [6, 6.07) is 9.07. The van der Waals surface area contributed by atoms with Gasteiger partial charge >= 0.3 is 5.97 Å². The molecule has 1 aliphatic rings. The highest BCUT2D eigenvalue weighted by Crippen LogP contribution is 2.30. The topological polar surface area (TPSA) is 48.4 Å². The Bertz CT molecular complexity index is 989. The van der Waals surface area contributed by atoms with Crippen molar-refractivity contribution in [1.29, 1.82) is 0 Å². The van der Waals surface area contributed by atoms with Gasteiger partial charge in [0.05, 0.1) is 12.3 Å². The van der Waals surface area contributed by atoms with Gasteiger partial charge < -0.3 is 9.47 Å². The van der Waals surface area contributed by atoms with E-state index in [1.807, 2.05) is 25.3 Å². The molecule has 1 aromatic heterocycles. The van der Waals surface area contributed by atoms with E-state index in [-0.39, 0.29) is 24.2 Å². The molecule has 0 N–H and O–H groups in total. The minimum Gasteiger partial charge on any atom is -0.490 e. The van der Waals surface area contributed by atoms with Crippen LogP contribution >= 0.6 is 0 Å². The molecular weight excluding hydrogens is 508 g/mol. The van der Waals surface area contributed by atoms with E-state index < -0.39 is 18.0 Å². The third-order valence-electron chi connectivity index (χ3n) is 7.99. The maximum absolute atomic E-state index is 14.8. The second-order valence-electron chi connectivity index (χ2n) is 11.4. The largest absolute Gasteiger partial charge is 0.490 e. The van der Waals surface area contributed by atoms with Gasteiger partial charge in [0.2, 0.25) is 0 Å². The van der Waals surface area contributed by atoms with Crippen LogP contribution in [0.25, 0.3) is 11.3 Å². The zero-order chi connectivity index (χ0) is 28.6. The number of unbranched alkanes of at least 4 members (excludes halogenated alkanes) is 8. The van der Waals surface area contributed by atoms with Crippen molar-refractivity contribution in [2.24, 2.45) is 5.92 Å². The van der Waals surface area contributed by atoms with Gasteiger partial charge in [0.15, 0.2) is 17.7 Å². The fourth-order valence-electron chi connectivity index (χ4n) is 5.35. The normalized spacial score (nSPS) is 17.9. The molecule has 0 aliphatic heterocycles. The Hall–Kier alpha value is -2.50. The van der Waals surface area contributed by atoms with Gasteiger partial charge in [-0.05, 0) is 80.7 Å². The fraction of sp³-hybridized carbons (Fsp3) is 0.647. The summed E-state index contributed by atoms with van der Waals surface area (Å²) >= 11 is 0. The lowest BCUT2D eigenvalue weighted by Gasteiger charge is -2.28. The molecule has 1 atom stereocenters. The number of aromatic nitrogens is 1. The van der Waals surface area contributed by atoms with E-state index in [1.54, 1.807) is 6.07 Å². The molecule has 1 aliphatic carbocycles. The number of hydrogen-bond acceptors (Lipinski definition) is 4. The van der Waals surface area contributed by atoms with Crippen molar-refractivity contribution < 1.29 is 23.0 Å². The Morgan fingerprint density at radius 3 is 2.27 bits per heavy atom. The van der Waals surface area contributed by atoms with E-state index in [4.69, 9.17) is 9.47 Å². The van der Waals surface area contributed by atoms with Crippen LogP contribution in [0.15, 0.2) is 36.5 Å².